The number of nitrogens with zero attached hydrogens (tertiary/aromatic N) is 1. The fourth-order valence-electron chi connectivity index (χ4n) is 2.09. The molecule has 0 aliphatic heterocycles. The van der Waals surface area contributed by atoms with Crippen LogP contribution in [0.3, 0.4) is 0 Å². The van der Waals surface area contributed by atoms with Crippen LogP contribution in [0.25, 0.3) is 0 Å². The quantitative estimate of drug-likeness (QED) is 0.926. The van der Waals surface area contributed by atoms with E-state index in [-0.39, 0.29) is 6.61 Å². The Morgan fingerprint density at radius 3 is 2.38 bits per heavy atom. The van der Waals surface area contributed by atoms with Crippen molar-refractivity contribution in [3.8, 4) is 6.07 Å². The Bertz CT molecular complexity index is 665. The van der Waals surface area contributed by atoms with Gasteiger partial charge in [-0.2, -0.15) is 5.26 Å². The Hall–Kier alpha value is -2.80. The number of carbonyl (C=O) groups is 1. The van der Waals surface area contributed by atoms with Crippen LogP contribution in [0, 0.1) is 25.2 Å². The summed E-state index contributed by atoms with van der Waals surface area (Å²) in [7, 11) is 0. The van der Waals surface area contributed by atoms with E-state index in [9.17, 15) is 4.79 Å². The predicted molar refractivity (Wildman–Crippen MR) is 80.9 cm³/mol. The molecule has 106 valence electrons. The molecule has 4 nitrogen and oxygen atoms in total. The van der Waals surface area contributed by atoms with Crippen LogP contribution in [-0.4, -0.2) is 6.09 Å². The van der Waals surface area contributed by atoms with E-state index in [0.29, 0.717) is 11.3 Å². The number of aryl methyl sites for hydroxylation is 2. The normalized spacial score (nSPS) is 9.76. The van der Waals surface area contributed by atoms with E-state index in [1.807, 2.05) is 44.2 Å². The second-order valence-electron chi connectivity index (χ2n) is 4.78. The van der Waals surface area contributed by atoms with Crippen LogP contribution in [0.15, 0.2) is 42.5 Å². The second kappa shape index (κ2) is 6.58. The van der Waals surface area contributed by atoms with Crippen molar-refractivity contribution in [2.75, 3.05) is 5.32 Å². The van der Waals surface area contributed by atoms with Crippen LogP contribution < -0.4 is 5.32 Å². The van der Waals surface area contributed by atoms with E-state index >= 15 is 0 Å². The summed E-state index contributed by atoms with van der Waals surface area (Å²) < 4.78 is 5.15. The standard InChI is InChI=1S/C17H16N2O2/c1-12-8-15(9-13(2)16(12)10-18)19-17(20)21-11-14-6-4-3-5-7-14/h3-9H,11H2,1-2H3,(H,19,20). The van der Waals surface area contributed by atoms with Gasteiger partial charge in [0.05, 0.1) is 11.6 Å². The first-order valence-electron chi connectivity index (χ1n) is 6.59. The van der Waals surface area contributed by atoms with Gasteiger partial charge < -0.3 is 4.74 Å². The van der Waals surface area contributed by atoms with Crippen molar-refractivity contribution in [2.24, 2.45) is 0 Å². The molecule has 1 N–H and O–H groups in total. The molecule has 0 unspecified atom stereocenters. The van der Waals surface area contributed by atoms with Crippen LogP contribution >= 0.6 is 0 Å². The smallest absolute Gasteiger partial charge is 0.411 e. The number of rotatable bonds is 3. The van der Waals surface area contributed by atoms with Gasteiger partial charge in [0.2, 0.25) is 0 Å². The van der Waals surface area contributed by atoms with Gasteiger partial charge in [-0.25, -0.2) is 4.79 Å². The molecule has 0 aromatic heterocycles. The van der Waals surface area contributed by atoms with E-state index in [1.54, 1.807) is 12.1 Å². The van der Waals surface area contributed by atoms with Crippen molar-refractivity contribution >= 4 is 11.8 Å². The minimum Gasteiger partial charge on any atom is -0.444 e. The summed E-state index contributed by atoms with van der Waals surface area (Å²) in [4.78, 5) is 11.8. The Morgan fingerprint density at radius 1 is 1.19 bits per heavy atom. The Morgan fingerprint density at radius 2 is 1.81 bits per heavy atom. The van der Waals surface area contributed by atoms with Gasteiger partial charge >= 0.3 is 6.09 Å². The molecule has 4 heteroatoms. The maximum Gasteiger partial charge on any atom is 0.411 e. The molecule has 1 amide bonds. The number of hydrogen-bond donors (Lipinski definition) is 1. The van der Waals surface area contributed by atoms with Gasteiger partial charge in [-0.1, -0.05) is 30.3 Å². The van der Waals surface area contributed by atoms with Crippen molar-refractivity contribution in [3.63, 3.8) is 0 Å². The summed E-state index contributed by atoms with van der Waals surface area (Å²) in [5.41, 5.74) is 3.85. The second-order valence-corrected chi connectivity index (χ2v) is 4.78. The number of ether oxygens (including phenoxy) is 1. The van der Waals surface area contributed by atoms with Gasteiger partial charge in [-0.3, -0.25) is 5.32 Å². The summed E-state index contributed by atoms with van der Waals surface area (Å²) in [6, 6.07) is 15.1. The van der Waals surface area contributed by atoms with Crippen LogP contribution in [-0.2, 0) is 11.3 Å². The minimum atomic E-state index is -0.512. The first-order valence-corrected chi connectivity index (χ1v) is 6.59. The van der Waals surface area contributed by atoms with Gasteiger partial charge in [0, 0.05) is 5.69 Å². The highest BCUT2D eigenvalue weighted by Gasteiger charge is 2.08. The highest BCUT2D eigenvalue weighted by atomic mass is 16.5. The summed E-state index contributed by atoms with van der Waals surface area (Å²) in [6.45, 7) is 3.90. The third-order valence-electron chi connectivity index (χ3n) is 3.10. The maximum absolute atomic E-state index is 11.8. The van der Waals surface area contributed by atoms with Gasteiger partial charge in [-0.15, -0.1) is 0 Å². The SMILES string of the molecule is Cc1cc(NC(=O)OCc2ccccc2)cc(C)c1C#N. The lowest BCUT2D eigenvalue weighted by atomic mass is 10.0. The van der Waals surface area contributed by atoms with Gasteiger partial charge in [0.1, 0.15) is 6.61 Å². The van der Waals surface area contributed by atoms with E-state index in [0.717, 1.165) is 16.7 Å². The number of carbonyl (C=O) groups excluding carboxylic acids is 1. The van der Waals surface area contributed by atoms with E-state index in [1.165, 1.54) is 0 Å². The number of nitrogens with one attached hydrogen (secondary N) is 1. The zero-order valence-corrected chi connectivity index (χ0v) is 12.0. The number of anilines is 1. The summed E-state index contributed by atoms with van der Waals surface area (Å²) in [5.74, 6) is 0. The van der Waals surface area contributed by atoms with Crippen molar-refractivity contribution in [2.45, 2.75) is 20.5 Å². The van der Waals surface area contributed by atoms with Crippen LogP contribution in [0.2, 0.25) is 0 Å². The van der Waals surface area contributed by atoms with E-state index in [2.05, 4.69) is 11.4 Å². The van der Waals surface area contributed by atoms with Gasteiger partial charge in [0.25, 0.3) is 0 Å². The predicted octanol–water partition coefficient (Wildman–Crippen LogP) is 3.92. The first-order chi connectivity index (χ1) is 10.1. The summed E-state index contributed by atoms with van der Waals surface area (Å²) >= 11 is 0. The van der Waals surface area contributed by atoms with E-state index in [4.69, 9.17) is 10.00 Å². The maximum atomic E-state index is 11.8. The van der Waals surface area contributed by atoms with Crippen molar-refractivity contribution in [3.05, 3.63) is 64.7 Å². The lowest BCUT2D eigenvalue weighted by molar-refractivity contribution is 0.155. The lowest BCUT2D eigenvalue weighted by Crippen LogP contribution is -2.14. The summed E-state index contributed by atoms with van der Waals surface area (Å²) in [5, 5.41) is 11.7. The highest BCUT2D eigenvalue weighted by Crippen LogP contribution is 2.19. The lowest BCUT2D eigenvalue weighted by Gasteiger charge is -2.10. The van der Waals surface area contributed by atoms with Crippen LogP contribution in [0.5, 0.6) is 0 Å². The molecule has 0 saturated heterocycles. The zero-order valence-electron chi connectivity index (χ0n) is 12.0. The fourth-order valence-corrected chi connectivity index (χ4v) is 2.09. The van der Waals surface area contributed by atoms with Gasteiger partial charge in [0.15, 0.2) is 0 Å². The molecule has 2 rings (SSSR count). The molecule has 21 heavy (non-hydrogen) atoms. The number of benzene rings is 2. The molecular formula is C17H16N2O2. The largest absolute Gasteiger partial charge is 0.444 e. The van der Waals surface area contributed by atoms with Gasteiger partial charge in [-0.05, 0) is 42.7 Å². The molecule has 0 heterocycles. The monoisotopic (exact) mass is 280 g/mol. The molecule has 2 aromatic carbocycles. The van der Waals surface area contributed by atoms with E-state index < -0.39 is 6.09 Å². The molecule has 2 aromatic rings. The highest BCUT2D eigenvalue weighted by molar-refractivity contribution is 5.85. The number of amides is 1. The van der Waals surface area contributed by atoms with Crippen molar-refractivity contribution in [1.29, 1.82) is 5.26 Å². The molecule has 0 spiro atoms. The molecule has 0 aliphatic rings. The molecule has 0 radical (unpaired) electrons. The molecular weight excluding hydrogens is 264 g/mol. The minimum absolute atomic E-state index is 0.223. The fraction of sp³-hybridized carbons (Fsp3) is 0.176. The molecule has 0 fully saturated rings. The third kappa shape index (κ3) is 3.83. The number of nitriles is 1. The molecule has 0 bridgehead atoms. The average Bonchev–Trinajstić information content (AvgIpc) is 2.46. The van der Waals surface area contributed by atoms with Crippen LogP contribution in [0.4, 0.5) is 10.5 Å². The Balaban J connectivity index is 1.99. The Labute approximate surface area is 124 Å². The molecule has 0 atom stereocenters. The molecule has 0 aliphatic carbocycles. The third-order valence-corrected chi connectivity index (χ3v) is 3.10. The average molecular weight is 280 g/mol. The zero-order chi connectivity index (χ0) is 15.2. The number of hydrogen-bond acceptors (Lipinski definition) is 3. The van der Waals surface area contributed by atoms with Crippen molar-refractivity contribution in [1.82, 2.24) is 0 Å². The summed E-state index contributed by atoms with van der Waals surface area (Å²) in [6.07, 6.45) is -0.512. The van der Waals surface area contributed by atoms with Crippen LogP contribution in [0.1, 0.15) is 22.3 Å². The van der Waals surface area contributed by atoms with Crippen molar-refractivity contribution < 1.29 is 9.53 Å². The molecule has 0 saturated carbocycles. The Kier molecular flexibility index (Phi) is 4.57. The topological polar surface area (TPSA) is 62.1 Å². The first kappa shape index (κ1) is 14.6.